The number of alkyl halides is 3. The van der Waals surface area contributed by atoms with Crippen molar-refractivity contribution in [2.45, 2.75) is 22.2 Å². The maximum atomic E-state index is 12.2. The van der Waals surface area contributed by atoms with Crippen molar-refractivity contribution in [3.05, 3.63) is 54.1 Å². The summed E-state index contributed by atoms with van der Waals surface area (Å²) in [6.07, 6.45) is 0. The van der Waals surface area contributed by atoms with Crippen molar-refractivity contribution < 1.29 is 21.6 Å². The van der Waals surface area contributed by atoms with Gasteiger partial charge in [0.05, 0.1) is 4.90 Å². The Morgan fingerprint density at radius 3 is 2.00 bits per heavy atom. The van der Waals surface area contributed by atoms with E-state index in [0.29, 0.717) is 0 Å². The first-order valence-corrected chi connectivity index (χ1v) is 8.41. The fourth-order valence-corrected chi connectivity index (χ4v) is 3.25. The van der Waals surface area contributed by atoms with E-state index < -0.39 is 15.5 Å². The lowest BCUT2D eigenvalue weighted by molar-refractivity contribution is -0.0328. The van der Waals surface area contributed by atoms with E-state index in [4.69, 9.17) is 0 Å². The van der Waals surface area contributed by atoms with Crippen LogP contribution < -0.4 is 4.72 Å². The first-order valence-electron chi connectivity index (χ1n) is 6.11. The molecule has 2 aromatic carbocycles. The highest BCUT2D eigenvalue weighted by Crippen LogP contribution is 2.37. The molecule has 0 bridgehead atoms. The molecule has 0 radical (unpaired) electrons. The highest BCUT2D eigenvalue weighted by Gasteiger charge is 2.29. The van der Waals surface area contributed by atoms with Gasteiger partial charge in [0, 0.05) is 10.6 Å². The summed E-state index contributed by atoms with van der Waals surface area (Å²) in [6, 6.07) is 11.3. The van der Waals surface area contributed by atoms with Gasteiger partial charge in [-0.1, -0.05) is 17.7 Å². The Morgan fingerprint density at radius 1 is 0.955 bits per heavy atom. The van der Waals surface area contributed by atoms with Crippen LogP contribution in [0.15, 0.2) is 58.3 Å². The number of anilines is 1. The minimum absolute atomic E-state index is 0.00853. The van der Waals surface area contributed by atoms with Crippen LogP contribution in [0.2, 0.25) is 0 Å². The second-order valence-corrected chi connectivity index (χ2v) is 7.31. The molecule has 2 aromatic rings. The van der Waals surface area contributed by atoms with Gasteiger partial charge in [0.1, 0.15) is 0 Å². The lowest BCUT2D eigenvalue weighted by atomic mass is 10.2. The molecule has 0 spiro atoms. The Bertz CT molecular complexity index is 739. The number of hydrogen-bond donors (Lipinski definition) is 1. The van der Waals surface area contributed by atoms with E-state index in [9.17, 15) is 21.6 Å². The number of nitrogens with one attached hydrogen (secondary N) is 1. The van der Waals surface area contributed by atoms with Gasteiger partial charge in [0.2, 0.25) is 0 Å². The van der Waals surface area contributed by atoms with Gasteiger partial charge >= 0.3 is 5.51 Å². The van der Waals surface area contributed by atoms with E-state index in [2.05, 4.69) is 4.72 Å². The largest absolute Gasteiger partial charge is 0.446 e. The average Bonchev–Trinajstić information content (AvgIpc) is 2.39. The molecule has 0 unspecified atom stereocenters. The second-order valence-electron chi connectivity index (χ2n) is 4.49. The van der Waals surface area contributed by atoms with Gasteiger partial charge in [-0.25, -0.2) is 8.42 Å². The molecule has 0 aliphatic rings. The summed E-state index contributed by atoms with van der Waals surface area (Å²) in [4.78, 5) is 0.0811. The second kappa shape index (κ2) is 6.21. The third-order valence-electron chi connectivity index (χ3n) is 2.67. The summed E-state index contributed by atoms with van der Waals surface area (Å²) in [6.45, 7) is 1.83. The van der Waals surface area contributed by atoms with Gasteiger partial charge in [-0.15, -0.1) is 0 Å². The van der Waals surface area contributed by atoms with Crippen LogP contribution in [0.25, 0.3) is 0 Å². The van der Waals surface area contributed by atoms with Crippen LogP contribution in [0, 0.1) is 6.92 Å². The number of halogens is 3. The first kappa shape index (κ1) is 16.7. The lowest BCUT2D eigenvalue weighted by Crippen LogP contribution is -2.12. The highest BCUT2D eigenvalue weighted by atomic mass is 32.2. The first-order chi connectivity index (χ1) is 10.2. The summed E-state index contributed by atoms with van der Waals surface area (Å²) < 4.78 is 63.2. The Morgan fingerprint density at radius 2 is 1.50 bits per heavy atom. The molecule has 22 heavy (non-hydrogen) atoms. The highest BCUT2D eigenvalue weighted by molar-refractivity contribution is 8.00. The quantitative estimate of drug-likeness (QED) is 0.834. The summed E-state index contributed by atoms with van der Waals surface area (Å²) in [7, 11) is -3.76. The number of aryl methyl sites for hydroxylation is 1. The molecule has 118 valence electrons. The number of hydrogen-bond acceptors (Lipinski definition) is 3. The third-order valence-corrected chi connectivity index (χ3v) is 4.81. The molecule has 0 aromatic heterocycles. The molecule has 0 saturated heterocycles. The minimum atomic E-state index is -4.37. The monoisotopic (exact) mass is 347 g/mol. The molecule has 1 N–H and O–H groups in total. The number of sulfonamides is 1. The zero-order chi connectivity index (χ0) is 16.4. The maximum absolute atomic E-state index is 12.2. The Balaban J connectivity index is 2.14. The molecule has 0 fully saturated rings. The van der Waals surface area contributed by atoms with E-state index in [1.807, 2.05) is 6.92 Å². The molecular weight excluding hydrogens is 335 g/mol. The van der Waals surface area contributed by atoms with Gasteiger partial charge in [-0.3, -0.25) is 4.72 Å². The van der Waals surface area contributed by atoms with Gasteiger partial charge < -0.3 is 0 Å². The zero-order valence-electron chi connectivity index (χ0n) is 11.4. The molecule has 0 heterocycles. The summed E-state index contributed by atoms with van der Waals surface area (Å²) >= 11 is -0.252. The van der Waals surface area contributed by atoms with E-state index in [1.54, 1.807) is 12.1 Å². The third kappa shape index (κ3) is 4.67. The zero-order valence-corrected chi connectivity index (χ0v) is 13.0. The van der Waals surface area contributed by atoms with Crippen LogP contribution in [-0.2, 0) is 10.0 Å². The predicted molar refractivity (Wildman–Crippen MR) is 80.3 cm³/mol. The van der Waals surface area contributed by atoms with Gasteiger partial charge in [-0.05, 0) is 55.1 Å². The fraction of sp³-hybridized carbons (Fsp3) is 0.143. The van der Waals surface area contributed by atoms with Crippen LogP contribution in [0.4, 0.5) is 18.9 Å². The van der Waals surface area contributed by atoms with Crippen molar-refractivity contribution in [1.82, 2.24) is 0 Å². The van der Waals surface area contributed by atoms with Crippen LogP contribution in [0.1, 0.15) is 5.56 Å². The lowest BCUT2D eigenvalue weighted by Gasteiger charge is -2.10. The summed E-state index contributed by atoms with van der Waals surface area (Å²) in [5.41, 5.74) is -3.25. The van der Waals surface area contributed by atoms with Gasteiger partial charge in [-0.2, -0.15) is 13.2 Å². The van der Waals surface area contributed by atoms with Crippen molar-refractivity contribution in [2.75, 3.05) is 4.72 Å². The van der Waals surface area contributed by atoms with Gasteiger partial charge in [0.25, 0.3) is 10.0 Å². The van der Waals surface area contributed by atoms with Crippen LogP contribution in [-0.4, -0.2) is 13.9 Å². The molecule has 3 nitrogen and oxygen atoms in total. The van der Waals surface area contributed by atoms with Crippen molar-refractivity contribution >= 4 is 27.5 Å². The van der Waals surface area contributed by atoms with E-state index in [1.165, 1.54) is 36.4 Å². The van der Waals surface area contributed by atoms with Crippen LogP contribution >= 0.6 is 11.8 Å². The number of rotatable bonds is 4. The normalized spacial score (nSPS) is 12.2. The molecule has 0 atom stereocenters. The summed E-state index contributed by atoms with van der Waals surface area (Å²) in [5, 5.41) is 0. The fourth-order valence-electron chi connectivity index (χ4n) is 1.66. The molecular formula is C14H12F3NO2S2. The molecule has 0 saturated carbocycles. The molecule has 0 aliphatic carbocycles. The van der Waals surface area contributed by atoms with E-state index in [0.717, 1.165) is 5.56 Å². The minimum Gasteiger partial charge on any atom is -0.280 e. The SMILES string of the molecule is Cc1ccc(S(=O)(=O)Nc2ccc(SC(F)(F)F)cc2)cc1. The van der Waals surface area contributed by atoms with E-state index >= 15 is 0 Å². The van der Waals surface area contributed by atoms with Crippen molar-refractivity contribution in [3.63, 3.8) is 0 Å². The Labute approximate surface area is 130 Å². The average molecular weight is 347 g/mol. The molecule has 8 heteroatoms. The smallest absolute Gasteiger partial charge is 0.280 e. The van der Waals surface area contributed by atoms with Crippen molar-refractivity contribution in [2.24, 2.45) is 0 Å². The standard InChI is InChI=1S/C14H12F3NO2S2/c1-10-2-8-13(9-3-10)22(19,20)18-11-4-6-12(7-5-11)21-14(15,16)17/h2-9,18H,1H3. The van der Waals surface area contributed by atoms with E-state index in [-0.39, 0.29) is 27.2 Å². The van der Waals surface area contributed by atoms with Crippen LogP contribution in [0.5, 0.6) is 0 Å². The maximum Gasteiger partial charge on any atom is 0.446 e. The molecule has 0 amide bonds. The van der Waals surface area contributed by atoms with Crippen molar-refractivity contribution in [1.29, 1.82) is 0 Å². The topological polar surface area (TPSA) is 46.2 Å². The number of thioether (sulfide) groups is 1. The van der Waals surface area contributed by atoms with Crippen molar-refractivity contribution in [3.8, 4) is 0 Å². The summed E-state index contributed by atoms with van der Waals surface area (Å²) in [5.74, 6) is 0. The number of benzene rings is 2. The molecule has 2 rings (SSSR count). The molecule has 0 aliphatic heterocycles. The Kier molecular flexibility index (Phi) is 4.72. The van der Waals surface area contributed by atoms with Crippen LogP contribution in [0.3, 0.4) is 0 Å². The predicted octanol–water partition coefficient (Wildman–Crippen LogP) is 4.41. The Hall–Kier alpha value is -1.67. The van der Waals surface area contributed by atoms with Gasteiger partial charge in [0.15, 0.2) is 0 Å².